The molecule has 1 aromatic heterocycles. The van der Waals surface area contributed by atoms with Gasteiger partial charge in [0.15, 0.2) is 36.2 Å². The van der Waals surface area contributed by atoms with Crippen LogP contribution in [0.2, 0.25) is 0 Å². The highest BCUT2D eigenvalue weighted by atomic mass is 79.9. The van der Waals surface area contributed by atoms with Crippen LogP contribution in [0.15, 0.2) is 66.5 Å². The summed E-state index contributed by atoms with van der Waals surface area (Å²) in [5.74, 6) is 1.28. The third-order valence-electron chi connectivity index (χ3n) is 5.27. The third kappa shape index (κ3) is 4.46. The van der Waals surface area contributed by atoms with Gasteiger partial charge in [-0.25, -0.2) is 4.57 Å². The van der Waals surface area contributed by atoms with Gasteiger partial charge in [0, 0.05) is 35.3 Å². The van der Waals surface area contributed by atoms with E-state index in [0.29, 0.717) is 23.5 Å². The second-order valence-electron chi connectivity index (χ2n) is 7.33. The average Bonchev–Trinajstić information content (AvgIpc) is 3.04. The Labute approximate surface area is 187 Å². The fourth-order valence-corrected chi connectivity index (χ4v) is 3.63. The summed E-state index contributed by atoms with van der Waals surface area (Å²) in [6.45, 7) is 2.91. The van der Waals surface area contributed by atoms with Crippen molar-refractivity contribution in [2.45, 2.75) is 19.9 Å². The number of methoxy groups -OCH3 is 2. The van der Waals surface area contributed by atoms with E-state index in [4.69, 9.17) is 9.47 Å². The summed E-state index contributed by atoms with van der Waals surface area (Å²) in [6.07, 6.45) is 6.67. The number of ketones is 1. The van der Waals surface area contributed by atoms with Crippen LogP contribution in [-0.4, -0.2) is 20.0 Å². The number of pyridine rings is 1. The summed E-state index contributed by atoms with van der Waals surface area (Å²) in [4.78, 5) is 12.8. The molecule has 4 rings (SSSR count). The van der Waals surface area contributed by atoms with Gasteiger partial charge >= 0.3 is 0 Å². The molecule has 0 atom stereocenters. The first-order valence-corrected chi connectivity index (χ1v) is 9.62. The van der Waals surface area contributed by atoms with Crippen LogP contribution in [0.4, 0.5) is 0 Å². The summed E-state index contributed by atoms with van der Waals surface area (Å²) >= 11 is 0. The second kappa shape index (κ2) is 9.26. The molecule has 154 valence electrons. The molecule has 0 bridgehead atoms. The maximum absolute atomic E-state index is 12.8. The van der Waals surface area contributed by atoms with Crippen molar-refractivity contribution in [3.8, 4) is 11.5 Å². The molecule has 30 heavy (non-hydrogen) atoms. The number of hydrogen-bond acceptors (Lipinski definition) is 3. The van der Waals surface area contributed by atoms with E-state index in [-0.39, 0.29) is 22.8 Å². The molecule has 2 aromatic carbocycles. The summed E-state index contributed by atoms with van der Waals surface area (Å²) in [7, 11) is 3.18. The number of nitrogens with zero attached hydrogens (tertiary/aromatic N) is 1. The molecule has 3 aromatic rings. The van der Waals surface area contributed by atoms with Crippen LogP contribution in [0, 0.1) is 6.92 Å². The normalized spacial score (nSPS) is 13.7. The molecule has 1 aliphatic carbocycles. The predicted octanol–water partition coefficient (Wildman–Crippen LogP) is 1.17. The molecule has 5 heteroatoms. The molecular formula is C25H24BrNO3. The maximum atomic E-state index is 12.8. The van der Waals surface area contributed by atoms with E-state index >= 15 is 0 Å². The Morgan fingerprint density at radius 2 is 1.60 bits per heavy atom. The number of Topliss-reactive ketones (excluding diaryl/α,β-unsaturated/α-hetero) is 1. The van der Waals surface area contributed by atoms with E-state index in [1.807, 2.05) is 36.7 Å². The molecule has 0 N–H and O–H groups in total. The van der Waals surface area contributed by atoms with Gasteiger partial charge in [0.05, 0.1) is 14.2 Å². The van der Waals surface area contributed by atoms with E-state index in [1.165, 1.54) is 11.1 Å². The summed E-state index contributed by atoms with van der Waals surface area (Å²) in [5, 5.41) is 0. The van der Waals surface area contributed by atoms with Gasteiger partial charge in [-0.2, -0.15) is 0 Å². The van der Waals surface area contributed by atoms with Crippen molar-refractivity contribution in [1.82, 2.24) is 0 Å². The molecule has 1 aliphatic rings. The molecule has 0 unspecified atom stereocenters. The summed E-state index contributed by atoms with van der Waals surface area (Å²) in [5.41, 5.74) is 5.99. The molecule has 0 fully saturated rings. The number of rotatable bonds is 5. The lowest BCUT2D eigenvalue weighted by Crippen LogP contribution is -3.00. The van der Waals surface area contributed by atoms with Crippen molar-refractivity contribution in [2.24, 2.45) is 0 Å². The summed E-state index contributed by atoms with van der Waals surface area (Å²) < 4.78 is 12.8. The lowest BCUT2D eigenvalue weighted by Gasteiger charge is -2.08. The number of allylic oxidation sites excluding steroid dienone is 1. The number of benzene rings is 2. The van der Waals surface area contributed by atoms with E-state index in [0.717, 1.165) is 23.2 Å². The Hall–Kier alpha value is -2.92. The van der Waals surface area contributed by atoms with Gasteiger partial charge in [-0.05, 0) is 36.3 Å². The lowest BCUT2D eigenvalue weighted by atomic mass is 10.1. The Morgan fingerprint density at radius 3 is 2.23 bits per heavy atom. The fourth-order valence-electron chi connectivity index (χ4n) is 3.63. The number of carbonyl (C=O) groups is 1. The Bertz CT molecular complexity index is 1090. The zero-order valence-electron chi connectivity index (χ0n) is 17.3. The van der Waals surface area contributed by atoms with E-state index in [2.05, 4.69) is 35.8 Å². The van der Waals surface area contributed by atoms with Gasteiger partial charge < -0.3 is 26.5 Å². The van der Waals surface area contributed by atoms with Crippen LogP contribution in [-0.2, 0) is 13.0 Å². The highest BCUT2D eigenvalue weighted by Crippen LogP contribution is 2.36. The Kier molecular flexibility index (Phi) is 6.73. The van der Waals surface area contributed by atoms with Crippen LogP contribution in [0.25, 0.3) is 6.08 Å². The number of hydrogen-bond donors (Lipinski definition) is 0. The monoisotopic (exact) mass is 465 g/mol. The second-order valence-corrected chi connectivity index (χ2v) is 7.33. The number of carbonyl (C=O) groups excluding carboxylic acids is 1. The first-order chi connectivity index (χ1) is 14.1. The Balaban J connectivity index is 0.00000256. The van der Waals surface area contributed by atoms with E-state index < -0.39 is 0 Å². The number of halogens is 1. The van der Waals surface area contributed by atoms with Gasteiger partial charge in [-0.15, -0.1) is 0 Å². The van der Waals surface area contributed by atoms with E-state index in [9.17, 15) is 4.79 Å². The average molecular weight is 466 g/mol. The van der Waals surface area contributed by atoms with Crippen molar-refractivity contribution in [1.29, 1.82) is 0 Å². The highest BCUT2D eigenvalue weighted by molar-refractivity contribution is 6.15. The smallest absolute Gasteiger partial charge is 0.189 e. The van der Waals surface area contributed by atoms with Crippen LogP contribution in [0.3, 0.4) is 0 Å². The number of ether oxygens (including phenoxy) is 2. The zero-order chi connectivity index (χ0) is 20.4. The zero-order valence-corrected chi connectivity index (χ0v) is 18.9. The van der Waals surface area contributed by atoms with Crippen molar-refractivity contribution in [3.63, 3.8) is 0 Å². The van der Waals surface area contributed by atoms with Crippen LogP contribution in [0.1, 0.15) is 32.6 Å². The standard InChI is InChI=1S/C25H24NO3.BrH/c1-17-4-6-19(7-5-17)16-26-10-8-18(9-11-26)12-21-13-20-14-23(28-2)24(29-3)15-22(20)25(21)27;/h4-12,14-15H,13,16H2,1-3H3;1H/q+1;/p-1/b21-12+;. The predicted molar refractivity (Wildman–Crippen MR) is 112 cm³/mol. The van der Waals surface area contributed by atoms with Gasteiger partial charge in [-0.3, -0.25) is 4.79 Å². The van der Waals surface area contributed by atoms with Crippen molar-refractivity contribution in [3.05, 3.63) is 94.3 Å². The molecule has 0 saturated heterocycles. The molecule has 0 spiro atoms. The first-order valence-electron chi connectivity index (χ1n) is 9.62. The van der Waals surface area contributed by atoms with Gasteiger partial charge in [0.1, 0.15) is 0 Å². The molecule has 0 aliphatic heterocycles. The fraction of sp³-hybridized carbons (Fsp3) is 0.200. The minimum atomic E-state index is 0. The molecule has 0 amide bonds. The molecule has 1 heterocycles. The van der Waals surface area contributed by atoms with Crippen LogP contribution >= 0.6 is 0 Å². The van der Waals surface area contributed by atoms with Gasteiger partial charge in [-0.1, -0.05) is 29.8 Å². The highest BCUT2D eigenvalue weighted by Gasteiger charge is 2.27. The quantitative estimate of drug-likeness (QED) is 0.419. The number of fused-ring (bicyclic) bond motifs is 1. The topological polar surface area (TPSA) is 39.4 Å². The van der Waals surface area contributed by atoms with Crippen LogP contribution in [0.5, 0.6) is 11.5 Å². The Morgan fingerprint density at radius 1 is 0.967 bits per heavy atom. The van der Waals surface area contributed by atoms with Crippen molar-refractivity contribution in [2.75, 3.05) is 14.2 Å². The first kappa shape index (κ1) is 21.8. The molecule has 4 nitrogen and oxygen atoms in total. The molecular weight excluding hydrogens is 442 g/mol. The molecule has 0 saturated carbocycles. The van der Waals surface area contributed by atoms with Crippen molar-refractivity contribution >= 4 is 11.9 Å². The van der Waals surface area contributed by atoms with Gasteiger partial charge in [0.25, 0.3) is 0 Å². The van der Waals surface area contributed by atoms with Gasteiger partial charge in [0.2, 0.25) is 0 Å². The SMILES string of the molecule is COc1cc2c(cc1OC)C(=O)/C(=C/c1cc[n+](Cc3ccc(C)cc3)cc1)C2.[Br-]. The maximum Gasteiger partial charge on any atom is 0.189 e. The lowest BCUT2D eigenvalue weighted by molar-refractivity contribution is -0.688. The third-order valence-corrected chi connectivity index (χ3v) is 5.27. The molecule has 0 radical (unpaired) electrons. The van der Waals surface area contributed by atoms with E-state index in [1.54, 1.807) is 20.3 Å². The minimum Gasteiger partial charge on any atom is -1.00 e. The van der Waals surface area contributed by atoms with Crippen molar-refractivity contribution < 1.29 is 35.8 Å². The number of aryl methyl sites for hydroxylation is 1. The van der Waals surface area contributed by atoms with Crippen LogP contribution < -0.4 is 31.0 Å². The number of aromatic nitrogens is 1. The largest absolute Gasteiger partial charge is 1.00 e. The minimum absolute atomic E-state index is 0. The summed E-state index contributed by atoms with van der Waals surface area (Å²) in [6, 6.07) is 16.3.